The molecule has 1 saturated heterocycles. The molecule has 0 aromatic heterocycles. The number of nitrogens with one attached hydrogen (secondary N) is 1. The summed E-state index contributed by atoms with van der Waals surface area (Å²) in [7, 11) is 0. The van der Waals surface area contributed by atoms with Gasteiger partial charge in [0, 0.05) is 23.2 Å². The van der Waals surface area contributed by atoms with E-state index in [2.05, 4.69) is 66.3 Å². The van der Waals surface area contributed by atoms with Crippen LogP contribution in [0.2, 0.25) is 0 Å². The van der Waals surface area contributed by atoms with Gasteiger partial charge < -0.3 is 10.1 Å². The number of halogens is 1. The van der Waals surface area contributed by atoms with Gasteiger partial charge in [0.1, 0.15) is 0 Å². The molecule has 100 valence electrons. The molecule has 1 N–H and O–H groups in total. The number of hydrogen-bond acceptors (Lipinski definition) is 2. The van der Waals surface area contributed by atoms with Crippen LogP contribution in [0.4, 0.5) is 0 Å². The molecule has 1 aromatic carbocycles. The minimum absolute atomic E-state index is 0.00685. The standard InChI is InChI=1S/C15H22BrNO/c1-11(12-5-4-6-13(16)9-12)17-14-7-8-18-15(2,3)10-14/h4-6,9,11,14,17H,7-8,10H2,1-3H3/t11-,14?/m1/s1. The highest BCUT2D eigenvalue weighted by atomic mass is 79.9. The molecule has 0 amide bonds. The number of benzene rings is 1. The van der Waals surface area contributed by atoms with E-state index in [1.807, 2.05) is 0 Å². The summed E-state index contributed by atoms with van der Waals surface area (Å²) in [5.41, 5.74) is 1.33. The van der Waals surface area contributed by atoms with Gasteiger partial charge in [-0.05, 0) is 51.3 Å². The molecule has 1 unspecified atom stereocenters. The van der Waals surface area contributed by atoms with Crippen LogP contribution in [0.1, 0.15) is 45.2 Å². The Bertz CT molecular complexity index is 405. The lowest BCUT2D eigenvalue weighted by atomic mass is 9.93. The highest BCUT2D eigenvalue weighted by molar-refractivity contribution is 9.10. The smallest absolute Gasteiger partial charge is 0.0641 e. The molecular weight excluding hydrogens is 290 g/mol. The van der Waals surface area contributed by atoms with Crippen LogP contribution >= 0.6 is 15.9 Å². The second-order valence-electron chi connectivity index (χ2n) is 5.74. The van der Waals surface area contributed by atoms with Gasteiger partial charge in [-0.25, -0.2) is 0 Å². The highest BCUT2D eigenvalue weighted by Gasteiger charge is 2.29. The van der Waals surface area contributed by atoms with Crippen LogP contribution in [-0.2, 0) is 4.74 Å². The molecular formula is C15H22BrNO. The lowest BCUT2D eigenvalue weighted by Crippen LogP contribution is -2.44. The summed E-state index contributed by atoms with van der Waals surface area (Å²) in [6.45, 7) is 7.43. The first-order chi connectivity index (χ1) is 8.46. The minimum atomic E-state index is 0.00685. The van der Waals surface area contributed by atoms with Crippen molar-refractivity contribution in [2.24, 2.45) is 0 Å². The number of rotatable bonds is 3. The summed E-state index contributed by atoms with van der Waals surface area (Å²) >= 11 is 3.53. The monoisotopic (exact) mass is 311 g/mol. The molecule has 0 radical (unpaired) electrons. The maximum atomic E-state index is 5.75. The fourth-order valence-electron chi connectivity index (χ4n) is 2.60. The molecule has 3 heteroatoms. The summed E-state index contributed by atoms with van der Waals surface area (Å²) in [5.74, 6) is 0. The predicted molar refractivity (Wildman–Crippen MR) is 78.7 cm³/mol. The third kappa shape index (κ3) is 3.81. The van der Waals surface area contributed by atoms with Crippen LogP contribution in [0.25, 0.3) is 0 Å². The largest absolute Gasteiger partial charge is 0.375 e. The van der Waals surface area contributed by atoms with Gasteiger partial charge >= 0.3 is 0 Å². The molecule has 1 aliphatic rings. The molecule has 0 aliphatic carbocycles. The Hall–Kier alpha value is -0.380. The molecule has 0 spiro atoms. The van der Waals surface area contributed by atoms with E-state index in [-0.39, 0.29) is 5.60 Å². The van der Waals surface area contributed by atoms with Crippen LogP contribution in [-0.4, -0.2) is 18.2 Å². The van der Waals surface area contributed by atoms with E-state index < -0.39 is 0 Å². The van der Waals surface area contributed by atoms with Crippen LogP contribution in [0.15, 0.2) is 28.7 Å². The summed E-state index contributed by atoms with van der Waals surface area (Å²) in [5, 5.41) is 3.72. The van der Waals surface area contributed by atoms with Gasteiger partial charge in [-0.15, -0.1) is 0 Å². The van der Waals surface area contributed by atoms with Crippen LogP contribution in [0.3, 0.4) is 0 Å². The zero-order chi connectivity index (χ0) is 13.2. The molecule has 0 saturated carbocycles. The summed E-state index contributed by atoms with van der Waals surface area (Å²) in [6, 6.07) is 9.43. The predicted octanol–water partition coefficient (Wildman–Crippen LogP) is 4.06. The topological polar surface area (TPSA) is 21.3 Å². The van der Waals surface area contributed by atoms with Gasteiger partial charge in [0.25, 0.3) is 0 Å². The Morgan fingerprint density at radius 3 is 2.89 bits per heavy atom. The van der Waals surface area contributed by atoms with Crippen molar-refractivity contribution in [3.63, 3.8) is 0 Å². The Morgan fingerprint density at radius 1 is 1.44 bits per heavy atom. The fraction of sp³-hybridized carbons (Fsp3) is 0.600. The zero-order valence-corrected chi connectivity index (χ0v) is 13.0. The Kier molecular flexibility index (Phi) is 4.46. The average Bonchev–Trinajstić information content (AvgIpc) is 2.27. The third-order valence-corrected chi connectivity index (χ3v) is 4.02. The number of ether oxygens (including phenoxy) is 1. The minimum Gasteiger partial charge on any atom is -0.375 e. The molecule has 1 aromatic rings. The first-order valence-electron chi connectivity index (χ1n) is 6.62. The Morgan fingerprint density at radius 2 is 2.22 bits per heavy atom. The third-order valence-electron chi connectivity index (χ3n) is 3.53. The van der Waals surface area contributed by atoms with E-state index in [9.17, 15) is 0 Å². The molecule has 2 nitrogen and oxygen atoms in total. The second-order valence-corrected chi connectivity index (χ2v) is 6.66. The van der Waals surface area contributed by atoms with Gasteiger partial charge in [-0.2, -0.15) is 0 Å². The molecule has 1 heterocycles. The van der Waals surface area contributed by atoms with E-state index >= 15 is 0 Å². The first kappa shape index (κ1) is 14.0. The van der Waals surface area contributed by atoms with Crippen LogP contribution in [0.5, 0.6) is 0 Å². The SMILES string of the molecule is C[C@@H](NC1CCOC(C)(C)C1)c1cccc(Br)c1. The van der Waals surface area contributed by atoms with Crippen molar-refractivity contribution in [2.45, 2.75) is 51.3 Å². The molecule has 0 bridgehead atoms. The van der Waals surface area contributed by atoms with Crippen molar-refractivity contribution < 1.29 is 4.74 Å². The normalized spacial score (nSPS) is 24.8. The van der Waals surface area contributed by atoms with Crippen LogP contribution < -0.4 is 5.32 Å². The van der Waals surface area contributed by atoms with Gasteiger partial charge in [0.05, 0.1) is 5.60 Å². The van der Waals surface area contributed by atoms with Crippen LogP contribution in [0, 0.1) is 0 Å². The molecule has 2 rings (SSSR count). The second kappa shape index (κ2) is 5.72. The molecule has 2 atom stereocenters. The van der Waals surface area contributed by atoms with Gasteiger partial charge in [0.2, 0.25) is 0 Å². The van der Waals surface area contributed by atoms with Crippen molar-refractivity contribution in [1.82, 2.24) is 5.32 Å². The van der Waals surface area contributed by atoms with Crippen molar-refractivity contribution in [1.29, 1.82) is 0 Å². The molecule has 18 heavy (non-hydrogen) atoms. The van der Waals surface area contributed by atoms with Gasteiger partial charge in [-0.1, -0.05) is 28.1 Å². The van der Waals surface area contributed by atoms with E-state index in [1.165, 1.54) is 5.56 Å². The first-order valence-corrected chi connectivity index (χ1v) is 7.41. The van der Waals surface area contributed by atoms with Crippen molar-refractivity contribution in [3.8, 4) is 0 Å². The van der Waals surface area contributed by atoms with Crippen molar-refractivity contribution in [2.75, 3.05) is 6.61 Å². The van der Waals surface area contributed by atoms with E-state index in [0.717, 1.165) is 23.9 Å². The lowest BCUT2D eigenvalue weighted by Gasteiger charge is -2.37. The van der Waals surface area contributed by atoms with Crippen molar-refractivity contribution in [3.05, 3.63) is 34.3 Å². The van der Waals surface area contributed by atoms with Gasteiger partial charge in [-0.3, -0.25) is 0 Å². The molecule has 1 fully saturated rings. The van der Waals surface area contributed by atoms with Crippen molar-refractivity contribution >= 4 is 15.9 Å². The lowest BCUT2D eigenvalue weighted by molar-refractivity contribution is -0.0639. The maximum absolute atomic E-state index is 5.75. The van der Waals surface area contributed by atoms with E-state index in [0.29, 0.717) is 12.1 Å². The number of hydrogen-bond donors (Lipinski definition) is 1. The zero-order valence-electron chi connectivity index (χ0n) is 11.4. The van der Waals surface area contributed by atoms with E-state index in [1.54, 1.807) is 0 Å². The van der Waals surface area contributed by atoms with Gasteiger partial charge in [0.15, 0.2) is 0 Å². The quantitative estimate of drug-likeness (QED) is 0.909. The molecule has 1 aliphatic heterocycles. The summed E-state index contributed by atoms with van der Waals surface area (Å²) in [6.07, 6.45) is 2.17. The Balaban J connectivity index is 1.97. The Labute approximate surface area is 118 Å². The summed E-state index contributed by atoms with van der Waals surface area (Å²) < 4.78 is 6.89. The fourth-order valence-corrected chi connectivity index (χ4v) is 3.02. The summed E-state index contributed by atoms with van der Waals surface area (Å²) in [4.78, 5) is 0. The van der Waals surface area contributed by atoms with E-state index in [4.69, 9.17) is 4.74 Å². The average molecular weight is 312 g/mol. The highest BCUT2D eigenvalue weighted by Crippen LogP contribution is 2.26. The maximum Gasteiger partial charge on any atom is 0.0641 e.